The van der Waals surface area contributed by atoms with Crippen LogP contribution in [0.4, 0.5) is 0 Å². The van der Waals surface area contributed by atoms with Crippen molar-refractivity contribution in [2.24, 2.45) is 0 Å². The number of carbonyl (C=O) groups is 1. The fourth-order valence-electron chi connectivity index (χ4n) is 3.08. The van der Waals surface area contributed by atoms with Crippen molar-refractivity contribution in [1.29, 1.82) is 0 Å². The molecule has 0 aromatic carbocycles. The number of rotatable bonds is 3. The molecule has 0 aliphatic carbocycles. The lowest BCUT2D eigenvalue weighted by molar-refractivity contribution is -0.111. The predicted octanol–water partition coefficient (Wildman–Crippen LogP) is 2.40. The zero-order chi connectivity index (χ0) is 15.9. The van der Waals surface area contributed by atoms with Gasteiger partial charge in [-0.25, -0.2) is 4.98 Å². The Hall–Kier alpha value is -2.17. The molecule has 116 valence electrons. The minimum absolute atomic E-state index is 0.0312. The molecule has 0 radical (unpaired) electrons. The standard InChI is InChI=1S/C17H20N2O3/c1-4-19-15-12(6-5-11(2)18-15)14-13(16(19)21)7-8-17(3,22-14)9-10-20/h5-6,10H,4,7-9H2,1-3H3. The molecule has 0 saturated heterocycles. The number of carbonyl (C=O) groups excluding carboxylic acids is 1. The monoisotopic (exact) mass is 300 g/mol. The van der Waals surface area contributed by atoms with Crippen LogP contribution in [0.15, 0.2) is 16.9 Å². The van der Waals surface area contributed by atoms with Gasteiger partial charge in [0, 0.05) is 18.7 Å². The van der Waals surface area contributed by atoms with Crippen molar-refractivity contribution in [1.82, 2.24) is 9.55 Å². The first-order chi connectivity index (χ1) is 10.5. The Kier molecular flexibility index (Phi) is 3.51. The summed E-state index contributed by atoms with van der Waals surface area (Å²) < 4.78 is 7.81. The van der Waals surface area contributed by atoms with E-state index in [-0.39, 0.29) is 5.56 Å². The number of hydrogen-bond donors (Lipinski definition) is 0. The summed E-state index contributed by atoms with van der Waals surface area (Å²) in [5, 5.41) is 0.846. The predicted molar refractivity (Wildman–Crippen MR) is 84.4 cm³/mol. The van der Waals surface area contributed by atoms with Crippen molar-refractivity contribution < 1.29 is 9.53 Å². The zero-order valence-electron chi connectivity index (χ0n) is 13.2. The Morgan fingerprint density at radius 1 is 1.45 bits per heavy atom. The van der Waals surface area contributed by atoms with Crippen LogP contribution in [0.25, 0.3) is 11.0 Å². The number of aldehydes is 1. The van der Waals surface area contributed by atoms with Gasteiger partial charge >= 0.3 is 0 Å². The maximum Gasteiger partial charge on any atom is 0.259 e. The summed E-state index contributed by atoms with van der Waals surface area (Å²) in [6.07, 6.45) is 2.50. The van der Waals surface area contributed by atoms with Gasteiger partial charge in [0.25, 0.3) is 5.56 Å². The molecule has 5 heteroatoms. The van der Waals surface area contributed by atoms with E-state index >= 15 is 0 Å². The van der Waals surface area contributed by atoms with Crippen molar-refractivity contribution in [3.63, 3.8) is 0 Å². The SMILES string of the molecule is CCn1c(=O)c2c(c3ccc(C)nc31)OC(C)(CC=O)CC2. The van der Waals surface area contributed by atoms with Crippen LogP contribution in [-0.4, -0.2) is 21.4 Å². The number of pyridine rings is 2. The normalized spacial score (nSPS) is 20.5. The van der Waals surface area contributed by atoms with Gasteiger partial charge in [-0.05, 0) is 45.7 Å². The van der Waals surface area contributed by atoms with Gasteiger partial charge in [0.1, 0.15) is 23.3 Å². The molecule has 0 spiro atoms. The van der Waals surface area contributed by atoms with Crippen LogP contribution >= 0.6 is 0 Å². The van der Waals surface area contributed by atoms with E-state index in [9.17, 15) is 9.59 Å². The maximum atomic E-state index is 12.7. The Balaban J connectivity index is 2.30. The maximum absolute atomic E-state index is 12.7. The molecule has 2 aromatic rings. The number of fused-ring (bicyclic) bond motifs is 3. The van der Waals surface area contributed by atoms with Gasteiger partial charge in [0.15, 0.2) is 0 Å². The second-order valence-corrected chi connectivity index (χ2v) is 6.10. The molecule has 0 fully saturated rings. The molecule has 1 aliphatic rings. The van der Waals surface area contributed by atoms with Gasteiger partial charge in [-0.2, -0.15) is 0 Å². The Morgan fingerprint density at radius 2 is 2.23 bits per heavy atom. The molecule has 1 atom stereocenters. The highest BCUT2D eigenvalue weighted by Crippen LogP contribution is 2.37. The second-order valence-electron chi connectivity index (χ2n) is 6.10. The topological polar surface area (TPSA) is 61.2 Å². The second kappa shape index (κ2) is 5.23. The van der Waals surface area contributed by atoms with E-state index < -0.39 is 5.60 Å². The van der Waals surface area contributed by atoms with Crippen LogP contribution < -0.4 is 10.3 Å². The Morgan fingerprint density at radius 3 is 2.91 bits per heavy atom. The molecule has 0 N–H and O–H groups in total. The molecule has 0 saturated carbocycles. The van der Waals surface area contributed by atoms with E-state index in [2.05, 4.69) is 4.98 Å². The van der Waals surface area contributed by atoms with Gasteiger partial charge in [0.2, 0.25) is 0 Å². The van der Waals surface area contributed by atoms with Crippen LogP contribution in [-0.2, 0) is 17.8 Å². The lowest BCUT2D eigenvalue weighted by Crippen LogP contribution is -2.40. The summed E-state index contributed by atoms with van der Waals surface area (Å²) in [5.41, 5.74) is 1.64. The van der Waals surface area contributed by atoms with Crippen LogP contribution in [0, 0.1) is 6.92 Å². The van der Waals surface area contributed by atoms with E-state index in [0.29, 0.717) is 42.8 Å². The lowest BCUT2D eigenvalue weighted by atomic mass is 9.90. The summed E-state index contributed by atoms with van der Waals surface area (Å²) in [6, 6.07) is 3.87. The summed E-state index contributed by atoms with van der Waals surface area (Å²) in [4.78, 5) is 28.1. The van der Waals surface area contributed by atoms with Crippen molar-refractivity contribution in [3.05, 3.63) is 33.7 Å². The van der Waals surface area contributed by atoms with E-state index in [1.807, 2.05) is 32.9 Å². The fourth-order valence-corrected chi connectivity index (χ4v) is 3.08. The first kappa shape index (κ1) is 14.8. The van der Waals surface area contributed by atoms with Crippen LogP contribution in [0.1, 0.15) is 37.9 Å². The highest BCUT2D eigenvalue weighted by Gasteiger charge is 2.34. The van der Waals surface area contributed by atoms with Crippen molar-refractivity contribution in [2.75, 3.05) is 0 Å². The minimum Gasteiger partial charge on any atom is -0.486 e. The average molecular weight is 300 g/mol. The first-order valence-corrected chi connectivity index (χ1v) is 7.65. The highest BCUT2D eigenvalue weighted by atomic mass is 16.5. The third kappa shape index (κ3) is 2.21. The van der Waals surface area contributed by atoms with Crippen molar-refractivity contribution in [3.8, 4) is 5.75 Å². The molecule has 5 nitrogen and oxygen atoms in total. The van der Waals surface area contributed by atoms with Gasteiger partial charge in [-0.15, -0.1) is 0 Å². The number of aryl methyl sites for hydroxylation is 2. The molecule has 0 amide bonds. The summed E-state index contributed by atoms with van der Waals surface area (Å²) in [7, 11) is 0. The molecule has 22 heavy (non-hydrogen) atoms. The van der Waals surface area contributed by atoms with Gasteiger partial charge in [-0.1, -0.05) is 0 Å². The van der Waals surface area contributed by atoms with Crippen molar-refractivity contribution >= 4 is 17.3 Å². The smallest absolute Gasteiger partial charge is 0.259 e. The van der Waals surface area contributed by atoms with Crippen molar-refractivity contribution in [2.45, 2.75) is 52.2 Å². The molecule has 1 unspecified atom stereocenters. The first-order valence-electron chi connectivity index (χ1n) is 7.65. The van der Waals surface area contributed by atoms with Crippen LogP contribution in [0.3, 0.4) is 0 Å². The number of aromatic nitrogens is 2. The molecule has 1 aliphatic heterocycles. The molecule has 3 rings (SSSR count). The third-order valence-electron chi connectivity index (χ3n) is 4.38. The summed E-state index contributed by atoms with van der Waals surface area (Å²) in [6.45, 7) is 6.34. The molecule has 0 bridgehead atoms. The molecular formula is C17H20N2O3. The molecule has 2 aromatic heterocycles. The van der Waals surface area contributed by atoms with E-state index in [4.69, 9.17) is 4.74 Å². The van der Waals surface area contributed by atoms with E-state index in [0.717, 1.165) is 17.4 Å². The number of nitrogens with zero attached hydrogens (tertiary/aromatic N) is 2. The van der Waals surface area contributed by atoms with Gasteiger partial charge < -0.3 is 9.53 Å². The van der Waals surface area contributed by atoms with Gasteiger partial charge in [-0.3, -0.25) is 9.36 Å². The number of ether oxygens (including phenoxy) is 1. The molecule has 3 heterocycles. The third-order valence-corrected chi connectivity index (χ3v) is 4.38. The summed E-state index contributed by atoms with van der Waals surface area (Å²) >= 11 is 0. The Bertz CT molecular complexity index is 810. The van der Waals surface area contributed by atoms with Gasteiger partial charge in [0.05, 0.1) is 10.9 Å². The van der Waals surface area contributed by atoms with Crippen LogP contribution in [0.2, 0.25) is 0 Å². The van der Waals surface area contributed by atoms with Crippen LogP contribution in [0.5, 0.6) is 5.75 Å². The quantitative estimate of drug-likeness (QED) is 0.817. The number of hydrogen-bond acceptors (Lipinski definition) is 4. The minimum atomic E-state index is -0.544. The fraction of sp³-hybridized carbons (Fsp3) is 0.471. The molecular weight excluding hydrogens is 280 g/mol. The lowest BCUT2D eigenvalue weighted by Gasteiger charge is -2.35. The summed E-state index contributed by atoms with van der Waals surface area (Å²) in [5.74, 6) is 0.604. The zero-order valence-corrected chi connectivity index (χ0v) is 13.2. The highest BCUT2D eigenvalue weighted by molar-refractivity contribution is 5.84. The Labute approximate surface area is 128 Å². The largest absolute Gasteiger partial charge is 0.486 e. The van der Waals surface area contributed by atoms with E-state index in [1.54, 1.807) is 4.57 Å². The van der Waals surface area contributed by atoms with E-state index in [1.165, 1.54) is 0 Å². The average Bonchev–Trinajstić information content (AvgIpc) is 2.47.